The minimum absolute atomic E-state index is 0.0137. The molecule has 116 valence electrons. The minimum Gasteiger partial charge on any atom is -0.481 e. The smallest absolute Gasteiger partial charge is 0.303 e. The number of rotatable bonds is 10. The number of carboxylic acid groups (broad SMARTS) is 1. The highest BCUT2D eigenvalue weighted by Crippen LogP contribution is 2.26. The quantitative estimate of drug-likeness (QED) is 0.477. The van der Waals surface area contributed by atoms with Crippen molar-refractivity contribution >= 4 is 11.8 Å². The first-order valence-electron chi connectivity index (χ1n) is 7.94. The molecule has 0 fully saturated rings. The number of carbonyl (C=O) groups is 2. The van der Waals surface area contributed by atoms with Gasteiger partial charge in [-0.25, -0.2) is 0 Å². The second-order valence-corrected chi connectivity index (χ2v) is 5.45. The molecule has 0 aromatic heterocycles. The summed E-state index contributed by atoms with van der Waals surface area (Å²) in [4.78, 5) is 22.2. The molecule has 0 spiro atoms. The fourth-order valence-electron chi connectivity index (χ4n) is 2.48. The van der Waals surface area contributed by atoms with Gasteiger partial charge in [-0.05, 0) is 43.8 Å². The summed E-state index contributed by atoms with van der Waals surface area (Å²) in [5.41, 5.74) is 1.14. The van der Waals surface area contributed by atoms with Crippen molar-refractivity contribution < 1.29 is 14.7 Å². The highest BCUT2D eigenvalue weighted by molar-refractivity contribution is 5.98. The summed E-state index contributed by atoms with van der Waals surface area (Å²) in [6, 6.07) is 0. The molecule has 21 heavy (non-hydrogen) atoms. The number of hydrogen-bond acceptors (Lipinski definition) is 2. The first-order valence-corrected chi connectivity index (χ1v) is 7.94. The summed E-state index contributed by atoms with van der Waals surface area (Å²) < 4.78 is 0. The summed E-state index contributed by atoms with van der Waals surface area (Å²) in [6.45, 7) is 2.09. The highest BCUT2D eigenvalue weighted by Gasteiger charge is 2.22. The van der Waals surface area contributed by atoms with Gasteiger partial charge in [-0.3, -0.25) is 9.59 Å². The summed E-state index contributed by atoms with van der Waals surface area (Å²) >= 11 is 0. The Balaban J connectivity index is 2.27. The molecule has 1 atom stereocenters. The average molecular weight is 290 g/mol. The lowest BCUT2D eigenvalue weighted by Crippen LogP contribution is -2.07. The van der Waals surface area contributed by atoms with Crippen LogP contribution < -0.4 is 0 Å². The molecule has 0 aliphatic heterocycles. The van der Waals surface area contributed by atoms with Gasteiger partial charge in [0.15, 0.2) is 5.78 Å². The third kappa shape index (κ3) is 7.07. The Labute approximate surface area is 127 Å². The summed E-state index contributed by atoms with van der Waals surface area (Å²) in [7, 11) is 0. The van der Waals surface area contributed by atoms with E-state index in [1.807, 2.05) is 6.08 Å². The van der Waals surface area contributed by atoms with Gasteiger partial charge in [0, 0.05) is 12.3 Å². The van der Waals surface area contributed by atoms with E-state index in [0.29, 0.717) is 0 Å². The van der Waals surface area contributed by atoms with Crippen molar-refractivity contribution in [3.05, 3.63) is 36.0 Å². The number of ketones is 1. The predicted octanol–water partition coefficient (Wildman–Crippen LogP) is 4.45. The molecule has 1 aliphatic rings. The number of carbonyl (C=O) groups excluding carboxylic acids is 1. The maximum atomic E-state index is 11.8. The van der Waals surface area contributed by atoms with Crippen molar-refractivity contribution in [1.29, 1.82) is 0 Å². The zero-order valence-electron chi connectivity index (χ0n) is 12.9. The Morgan fingerprint density at radius 2 is 1.95 bits per heavy atom. The van der Waals surface area contributed by atoms with E-state index in [9.17, 15) is 9.59 Å². The van der Waals surface area contributed by atoms with Gasteiger partial charge >= 0.3 is 5.97 Å². The van der Waals surface area contributed by atoms with E-state index < -0.39 is 5.97 Å². The summed E-state index contributed by atoms with van der Waals surface area (Å²) in [5.74, 6) is -0.488. The third-order valence-electron chi connectivity index (χ3n) is 3.68. The van der Waals surface area contributed by atoms with Gasteiger partial charge in [0.25, 0.3) is 0 Å². The van der Waals surface area contributed by atoms with Gasteiger partial charge in [-0.15, -0.1) is 0 Å². The highest BCUT2D eigenvalue weighted by atomic mass is 16.4. The van der Waals surface area contributed by atoms with Crippen LogP contribution in [0.25, 0.3) is 0 Å². The van der Waals surface area contributed by atoms with Gasteiger partial charge in [0.05, 0.1) is 0 Å². The van der Waals surface area contributed by atoms with Crippen LogP contribution in [0.3, 0.4) is 0 Å². The maximum Gasteiger partial charge on any atom is 0.303 e. The second-order valence-electron chi connectivity index (χ2n) is 5.45. The zero-order chi connectivity index (χ0) is 15.5. The van der Waals surface area contributed by atoms with E-state index in [1.165, 1.54) is 0 Å². The topological polar surface area (TPSA) is 54.4 Å². The SMILES string of the molecule is CCC=CC[C@H]1C(=O)C=CC1=CCCCCCCC(=O)O. The lowest BCUT2D eigenvalue weighted by atomic mass is 9.95. The fraction of sp³-hybridized carbons (Fsp3) is 0.556. The largest absolute Gasteiger partial charge is 0.481 e. The van der Waals surface area contributed by atoms with Crippen LogP contribution in [0, 0.1) is 5.92 Å². The van der Waals surface area contributed by atoms with E-state index in [1.54, 1.807) is 6.08 Å². The third-order valence-corrected chi connectivity index (χ3v) is 3.68. The predicted molar refractivity (Wildman–Crippen MR) is 85.1 cm³/mol. The Morgan fingerprint density at radius 3 is 2.67 bits per heavy atom. The lowest BCUT2D eigenvalue weighted by Gasteiger charge is -2.08. The van der Waals surface area contributed by atoms with Crippen LogP contribution in [0.2, 0.25) is 0 Å². The average Bonchev–Trinajstić information content (AvgIpc) is 2.79. The Bertz CT molecular complexity index is 430. The van der Waals surface area contributed by atoms with Crippen LogP contribution in [0.1, 0.15) is 58.3 Å². The van der Waals surface area contributed by atoms with E-state index in [0.717, 1.165) is 50.5 Å². The van der Waals surface area contributed by atoms with Crippen molar-refractivity contribution in [2.24, 2.45) is 5.92 Å². The Morgan fingerprint density at radius 1 is 1.19 bits per heavy atom. The molecule has 1 N–H and O–H groups in total. The molecule has 0 radical (unpaired) electrons. The number of aliphatic carboxylic acids is 1. The summed E-state index contributed by atoms with van der Waals surface area (Å²) in [5, 5.41) is 8.55. The molecular formula is C18H26O3. The molecule has 1 aliphatic carbocycles. The monoisotopic (exact) mass is 290 g/mol. The number of carboxylic acids is 1. The minimum atomic E-state index is -0.713. The number of hydrogen-bond donors (Lipinski definition) is 1. The van der Waals surface area contributed by atoms with Gasteiger partial charge in [-0.2, -0.15) is 0 Å². The molecular weight excluding hydrogens is 264 g/mol. The van der Waals surface area contributed by atoms with Crippen molar-refractivity contribution in [3.8, 4) is 0 Å². The molecule has 0 aromatic rings. The molecule has 0 unspecified atom stereocenters. The van der Waals surface area contributed by atoms with E-state index in [-0.39, 0.29) is 18.1 Å². The van der Waals surface area contributed by atoms with Gasteiger partial charge in [0.2, 0.25) is 0 Å². The van der Waals surface area contributed by atoms with Crippen molar-refractivity contribution in [3.63, 3.8) is 0 Å². The van der Waals surface area contributed by atoms with Crippen molar-refractivity contribution in [1.82, 2.24) is 0 Å². The molecule has 0 aromatic carbocycles. The van der Waals surface area contributed by atoms with Crippen LogP contribution in [-0.4, -0.2) is 16.9 Å². The first-order chi connectivity index (χ1) is 10.1. The second kappa shape index (κ2) is 10.1. The molecule has 3 nitrogen and oxygen atoms in total. The van der Waals surface area contributed by atoms with Crippen molar-refractivity contribution in [2.45, 2.75) is 58.3 Å². The van der Waals surface area contributed by atoms with Gasteiger partial charge in [-0.1, -0.05) is 44.1 Å². The zero-order valence-corrected chi connectivity index (χ0v) is 12.9. The van der Waals surface area contributed by atoms with Crippen LogP contribution in [0.15, 0.2) is 36.0 Å². The standard InChI is InChI=1S/C18H26O3/c1-2-3-7-11-16-15(13-14-17(16)19)10-8-5-4-6-9-12-18(20)21/h3,7,10,13-14,16H,2,4-6,8-9,11-12H2,1H3,(H,20,21)/t16-/m1/s1. The van der Waals surface area contributed by atoms with Crippen LogP contribution >= 0.6 is 0 Å². The van der Waals surface area contributed by atoms with Crippen molar-refractivity contribution in [2.75, 3.05) is 0 Å². The fourth-order valence-corrected chi connectivity index (χ4v) is 2.48. The summed E-state index contributed by atoms with van der Waals surface area (Å²) in [6.07, 6.45) is 16.9. The lowest BCUT2D eigenvalue weighted by molar-refractivity contribution is -0.137. The van der Waals surface area contributed by atoms with Crippen LogP contribution in [-0.2, 0) is 9.59 Å². The van der Waals surface area contributed by atoms with E-state index >= 15 is 0 Å². The van der Waals surface area contributed by atoms with Crippen LogP contribution in [0.5, 0.6) is 0 Å². The molecule has 0 amide bonds. The van der Waals surface area contributed by atoms with Gasteiger partial charge < -0.3 is 5.11 Å². The Kier molecular flexibility index (Phi) is 8.41. The molecule has 1 rings (SSSR count). The molecule has 0 saturated heterocycles. The van der Waals surface area contributed by atoms with Crippen LogP contribution in [0.4, 0.5) is 0 Å². The molecule has 0 saturated carbocycles. The molecule has 0 bridgehead atoms. The van der Waals surface area contributed by atoms with E-state index in [4.69, 9.17) is 5.11 Å². The maximum absolute atomic E-state index is 11.8. The first kappa shape index (κ1) is 17.4. The molecule has 0 heterocycles. The molecule has 3 heteroatoms. The van der Waals surface area contributed by atoms with E-state index in [2.05, 4.69) is 25.2 Å². The normalized spacial score (nSPS) is 20.0. The Hall–Kier alpha value is -1.64. The number of unbranched alkanes of at least 4 members (excludes halogenated alkanes) is 4. The number of allylic oxidation sites excluding steroid dienone is 6. The van der Waals surface area contributed by atoms with Gasteiger partial charge in [0.1, 0.15) is 0 Å².